The summed E-state index contributed by atoms with van der Waals surface area (Å²) < 4.78 is 27.7. The fourth-order valence-corrected chi connectivity index (χ4v) is 3.47. The van der Waals surface area contributed by atoms with E-state index in [9.17, 15) is 13.6 Å². The molecule has 2 aliphatic carbocycles. The number of pyridine rings is 1. The Kier molecular flexibility index (Phi) is 3.20. The molecule has 2 N–H and O–H groups in total. The molecule has 1 aromatic heterocycles. The zero-order valence-corrected chi connectivity index (χ0v) is 12.4. The lowest BCUT2D eigenvalue weighted by Crippen LogP contribution is -2.33. The smallest absolute Gasteiger partial charge is 0.320 e. The number of halogens is 2. The number of nitrogens with zero attached hydrogens (tertiary/aromatic N) is 2. The quantitative estimate of drug-likeness (QED) is 0.891. The van der Waals surface area contributed by atoms with Crippen LogP contribution >= 0.6 is 0 Å². The van der Waals surface area contributed by atoms with Gasteiger partial charge in [-0.25, -0.2) is 18.6 Å². The van der Waals surface area contributed by atoms with E-state index < -0.39 is 11.8 Å². The zero-order chi connectivity index (χ0) is 16.8. The molecule has 4 rings (SSSR count). The van der Waals surface area contributed by atoms with E-state index in [2.05, 4.69) is 15.6 Å². The van der Waals surface area contributed by atoms with Gasteiger partial charge in [0.25, 0.3) is 0 Å². The van der Waals surface area contributed by atoms with Gasteiger partial charge in [-0.15, -0.1) is 0 Å². The van der Waals surface area contributed by atoms with Gasteiger partial charge in [-0.05, 0) is 47.7 Å². The van der Waals surface area contributed by atoms with Crippen LogP contribution in [0.2, 0.25) is 0 Å². The standard InChI is InChI=1S/C17H12F2N4O/c18-11-2-3-12(19)14-9(11)5-10-15(14)16(10)23-17(24)22-13-4-1-8(6-20)7-21-13/h1-4,7,10,15-16H,5H2,(H2,21,22,23,24). The van der Waals surface area contributed by atoms with Crippen LogP contribution in [0.5, 0.6) is 0 Å². The molecule has 1 aromatic carbocycles. The summed E-state index contributed by atoms with van der Waals surface area (Å²) in [7, 11) is 0. The van der Waals surface area contributed by atoms with E-state index in [-0.39, 0.29) is 23.7 Å². The minimum absolute atomic E-state index is 0.0334. The second kappa shape index (κ2) is 5.27. The second-order valence-electron chi connectivity index (χ2n) is 5.98. The van der Waals surface area contributed by atoms with Crippen LogP contribution < -0.4 is 10.6 Å². The van der Waals surface area contributed by atoms with Crippen molar-refractivity contribution in [1.29, 1.82) is 5.26 Å². The van der Waals surface area contributed by atoms with Gasteiger partial charge in [0.1, 0.15) is 23.5 Å². The molecule has 0 radical (unpaired) electrons. The molecule has 0 saturated heterocycles. The van der Waals surface area contributed by atoms with Crippen LogP contribution in [-0.2, 0) is 6.42 Å². The zero-order valence-electron chi connectivity index (χ0n) is 12.4. The van der Waals surface area contributed by atoms with E-state index in [4.69, 9.17) is 5.26 Å². The van der Waals surface area contributed by atoms with Gasteiger partial charge in [-0.1, -0.05) is 0 Å². The number of nitrogens with one attached hydrogen (secondary N) is 2. The highest BCUT2D eigenvalue weighted by Crippen LogP contribution is 2.57. The van der Waals surface area contributed by atoms with Gasteiger partial charge in [0.15, 0.2) is 0 Å². The van der Waals surface area contributed by atoms with Crippen LogP contribution in [0.1, 0.15) is 22.6 Å². The van der Waals surface area contributed by atoms with Gasteiger partial charge < -0.3 is 5.32 Å². The maximum absolute atomic E-state index is 13.9. The lowest BCUT2D eigenvalue weighted by Gasteiger charge is -2.11. The highest BCUT2D eigenvalue weighted by atomic mass is 19.1. The molecular formula is C17H12F2N4O. The van der Waals surface area contributed by atoms with Crippen molar-refractivity contribution in [2.75, 3.05) is 5.32 Å². The predicted octanol–water partition coefficient (Wildman–Crippen LogP) is 2.69. The van der Waals surface area contributed by atoms with Crippen LogP contribution in [0.3, 0.4) is 0 Å². The number of benzene rings is 1. The fourth-order valence-electron chi connectivity index (χ4n) is 3.47. The van der Waals surface area contributed by atoms with E-state index in [0.717, 1.165) is 12.1 Å². The van der Waals surface area contributed by atoms with E-state index in [0.29, 0.717) is 28.9 Å². The van der Waals surface area contributed by atoms with Crippen molar-refractivity contribution in [2.45, 2.75) is 18.4 Å². The Morgan fingerprint density at radius 2 is 2.04 bits per heavy atom. The average Bonchev–Trinajstić information content (AvgIpc) is 3.05. The molecule has 24 heavy (non-hydrogen) atoms. The summed E-state index contributed by atoms with van der Waals surface area (Å²) in [6.45, 7) is 0. The number of nitriles is 1. The molecule has 1 fully saturated rings. The summed E-state index contributed by atoms with van der Waals surface area (Å²) in [4.78, 5) is 16.0. The molecule has 120 valence electrons. The molecule has 2 amide bonds. The van der Waals surface area contributed by atoms with Crippen molar-refractivity contribution in [2.24, 2.45) is 5.92 Å². The molecule has 2 aromatic rings. The number of amides is 2. The first-order valence-electron chi connectivity index (χ1n) is 7.49. The summed E-state index contributed by atoms with van der Waals surface area (Å²) >= 11 is 0. The van der Waals surface area contributed by atoms with Crippen molar-refractivity contribution in [3.05, 3.63) is 58.8 Å². The van der Waals surface area contributed by atoms with E-state index in [1.165, 1.54) is 12.3 Å². The number of fused-ring (bicyclic) bond motifs is 3. The van der Waals surface area contributed by atoms with Crippen LogP contribution in [0.15, 0.2) is 30.5 Å². The Morgan fingerprint density at radius 1 is 1.25 bits per heavy atom. The number of urea groups is 1. The fraction of sp³-hybridized carbons (Fsp3) is 0.235. The van der Waals surface area contributed by atoms with Gasteiger partial charge in [-0.3, -0.25) is 5.32 Å². The molecular weight excluding hydrogens is 314 g/mol. The summed E-state index contributed by atoms with van der Waals surface area (Å²) in [5, 5.41) is 14.0. The lowest BCUT2D eigenvalue weighted by atomic mass is 10.0. The third kappa shape index (κ3) is 2.27. The molecule has 0 aliphatic heterocycles. The molecule has 5 nitrogen and oxygen atoms in total. The largest absolute Gasteiger partial charge is 0.334 e. The number of anilines is 1. The van der Waals surface area contributed by atoms with Crippen LogP contribution in [-0.4, -0.2) is 17.1 Å². The minimum atomic E-state index is -0.454. The van der Waals surface area contributed by atoms with Gasteiger partial charge in [-0.2, -0.15) is 5.26 Å². The van der Waals surface area contributed by atoms with Crippen molar-refractivity contribution < 1.29 is 13.6 Å². The van der Waals surface area contributed by atoms with Gasteiger partial charge in [0.2, 0.25) is 0 Å². The predicted molar refractivity (Wildman–Crippen MR) is 81.2 cm³/mol. The topological polar surface area (TPSA) is 77.8 Å². The highest BCUT2D eigenvalue weighted by molar-refractivity contribution is 5.89. The summed E-state index contributed by atoms with van der Waals surface area (Å²) in [5.41, 5.74) is 1.21. The van der Waals surface area contributed by atoms with Crippen LogP contribution in [0.4, 0.5) is 19.4 Å². The average molecular weight is 326 g/mol. The second-order valence-corrected chi connectivity index (χ2v) is 5.98. The van der Waals surface area contributed by atoms with Gasteiger partial charge in [0.05, 0.1) is 5.56 Å². The van der Waals surface area contributed by atoms with Crippen molar-refractivity contribution in [3.63, 3.8) is 0 Å². The molecule has 1 heterocycles. The Hall–Kier alpha value is -3.01. The third-order valence-electron chi connectivity index (χ3n) is 4.62. The molecule has 3 unspecified atom stereocenters. The first-order chi connectivity index (χ1) is 11.6. The van der Waals surface area contributed by atoms with Gasteiger partial charge in [0, 0.05) is 18.2 Å². The first-order valence-corrected chi connectivity index (χ1v) is 7.49. The number of rotatable bonds is 2. The summed E-state index contributed by atoms with van der Waals surface area (Å²) in [5.74, 6) is -0.627. The number of carbonyl (C=O) groups is 1. The number of carbonyl (C=O) groups excluding carboxylic acids is 1. The summed E-state index contributed by atoms with van der Waals surface area (Å²) in [6, 6.07) is 6.63. The SMILES string of the molecule is N#Cc1ccc(NC(=O)NC2C3Cc4c(F)ccc(F)c4C32)nc1. The number of aromatic nitrogens is 1. The Balaban J connectivity index is 1.42. The van der Waals surface area contributed by atoms with E-state index >= 15 is 0 Å². The third-order valence-corrected chi connectivity index (χ3v) is 4.62. The number of hydrogen-bond donors (Lipinski definition) is 2. The molecule has 0 spiro atoms. The molecule has 3 atom stereocenters. The van der Waals surface area contributed by atoms with Crippen molar-refractivity contribution >= 4 is 11.8 Å². The maximum Gasteiger partial charge on any atom is 0.320 e. The normalized spacial score (nSPS) is 23.0. The van der Waals surface area contributed by atoms with E-state index in [1.54, 1.807) is 6.07 Å². The molecule has 7 heteroatoms. The van der Waals surface area contributed by atoms with E-state index in [1.807, 2.05) is 6.07 Å². The first kappa shape index (κ1) is 14.6. The maximum atomic E-state index is 13.9. The van der Waals surface area contributed by atoms with Crippen LogP contribution in [0.25, 0.3) is 0 Å². The minimum Gasteiger partial charge on any atom is -0.334 e. The molecule has 2 aliphatic rings. The number of hydrogen-bond acceptors (Lipinski definition) is 3. The highest BCUT2D eigenvalue weighted by Gasteiger charge is 2.58. The Bertz CT molecular complexity index is 875. The van der Waals surface area contributed by atoms with Gasteiger partial charge >= 0.3 is 6.03 Å². The molecule has 0 bridgehead atoms. The summed E-state index contributed by atoms with van der Waals surface area (Å²) in [6.07, 6.45) is 1.79. The Labute approximate surface area is 136 Å². The van der Waals surface area contributed by atoms with Crippen molar-refractivity contribution in [1.82, 2.24) is 10.3 Å². The van der Waals surface area contributed by atoms with Crippen molar-refractivity contribution in [3.8, 4) is 6.07 Å². The monoisotopic (exact) mass is 326 g/mol. The molecule has 1 saturated carbocycles. The van der Waals surface area contributed by atoms with Crippen LogP contribution in [0, 0.1) is 28.9 Å². The Morgan fingerprint density at radius 3 is 2.75 bits per heavy atom. The lowest BCUT2D eigenvalue weighted by molar-refractivity contribution is 0.251.